The third-order valence-corrected chi connectivity index (χ3v) is 3.93. The van der Waals surface area contributed by atoms with Crippen molar-refractivity contribution in [2.75, 3.05) is 7.05 Å². The van der Waals surface area contributed by atoms with Gasteiger partial charge in [0.1, 0.15) is 0 Å². The maximum absolute atomic E-state index is 12.6. The maximum atomic E-state index is 12.6. The zero-order chi connectivity index (χ0) is 18.3. The van der Waals surface area contributed by atoms with Crippen molar-refractivity contribution in [2.24, 2.45) is 0 Å². The van der Waals surface area contributed by atoms with Crippen LogP contribution in [0.25, 0.3) is 0 Å². The first-order valence-corrected chi connectivity index (χ1v) is 8.20. The van der Waals surface area contributed by atoms with Crippen LogP contribution in [0.3, 0.4) is 0 Å². The second-order valence-electron chi connectivity index (χ2n) is 5.70. The molecule has 0 heterocycles. The molecule has 0 fully saturated rings. The van der Waals surface area contributed by atoms with Gasteiger partial charge in [-0.05, 0) is 44.2 Å². The number of nitrogens with zero attached hydrogens (tertiary/aromatic N) is 1. The van der Waals surface area contributed by atoms with Crippen molar-refractivity contribution >= 4 is 0 Å². The average molecular weight is 337 g/mol. The molecule has 2 aromatic rings. The van der Waals surface area contributed by atoms with E-state index >= 15 is 0 Å². The van der Waals surface area contributed by atoms with Gasteiger partial charge in [0.05, 0.1) is 5.56 Å². The van der Waals surface area contributed by atoms with Gasteiger partial charge in [-0.2, -0.15) is 13.2 Å². The highest BCUT2D eigenvalue weighted by Crippen LogP contribution is 2.29. The molecule has 1 nitrogen and oxygen atoms in total. The second-order valence-corrected chi connectivity index (χ2v) is 5.70. The molecular weight excluding hydrogens is 311 g/mol. The lowest BCUT2D eigenvalue weighted by Crippen LogP contribution is -2.22. The second kappa shape index (κ2) is 8.88. The monoisotopic (exact) mass is 337 g/mol. The molecule has 24 heavy (non-hydrogen) atoms. The van der Waals surface area contributed by atoms with Crippen molar-refractivity contribution < 1.29 is 13.2 Å². The standard InChI is InChI=1S/C18H20F3N.C2H6/c1-13-4-8-16(9-5-13)14(2)22(3)12-15-6-10-17(11-7-15)18(19,20)21;1-2/h4-11,14H,12H2,1-3H3;1-2H3. The molecule has 1 atom stereocenters. The molecule has 2 rings (SSSR count). The summed E-state index contributed by atoms with van der Waals surface area (Å²) >= 11 is 0. The Kier molecular flexibility index (Phi) is 7.49. The van der Waals surface area contributed by atoms with Gasteiger partial charge in [0.25, 0.3) is 0 Å². The van der Waals surface area contributed by atoms with E-state index in [2.05, 4.69) is 36.1 Å². The van der Waals surface area contributed by atoms with Crippen molar-refractivity contribution in [1.82, 2.24) is 4.90 Å². The molecule has 132 valence electrons. The first-order valence-electron chi connectivity index (χ1n) is 8.20. The number of benzene rings is 2. The van der Waals surface area contributed by atoms with Gasteiger partial charge in [0.2, 0.25) is 0 Å². The Bertz CT molecular complexity index is 600. The van der Waals surface area contributed by atoms with Crippen LogP contribution in [-0.2, 0) is 12.7 Å². The first kappa shape index (κ1) is 20.2. The smallest absolute Gasteiger partial charge is 0.295 e. The van der Waals surface area contributed by atoms with Gasteiger partial charge in [-0.15, -0.1) is 0 Å². The van der Waals surface area contributed by atoms with Crippen molar-refractivity contribution in [3.8, 4) is 0 Å². The molecule has 0 radical (unpaired) electrons. The van der Waals surface area contributed by atoms with E-state index in [-0.39, 0.29) is 6.04 Å². The van der Waals surface area contributed by atoms with Crippen LogP contribution in [-0.4, -0.2) is 11.9 Å². The molecule has 0 aromatic heterocycles. The fraction of sp³-hybridized carbons (Fsp3) is 0.400. The zero-order valence-electron chi connectivity index (χ0n) is 15.0. The van der Waals surface area contributed by atoms with Gasteiger partial charge >= 0.3 is 6.18 Å². The Hall–Kier alpha value is -1.81. The molecule has 0 amide bonds. The molecule has 0 saturated heterocycles. The highest BCUT2D eigenvalue weighted by molar-refractivity contribution is 5.26. The van der Waals surface area contributed by atoms with E-state index in [4.69, 9.17) is 0 Å². The Labute approximate surface area is 143 Å². The van der Waals surface area contributed by atoms with E-state index in [1.54, 1.807) is 12.1 Å². The van der Waals surface area contributed by atoms with Crippen LogP contribution in [0.15, 0.2) is 48.5 Å². The van der Waals surface area contributed by atoms with Crippen molar-refractivity contribution in [3.63, 3.8) is 0 Å². The number of halogens is 3. The molecule has 0 bridgehead atoms. The molecule has 2 aromatic carbocycles. The topological polar surface area (TPSA) is 3.24 Å². The lowest BCUT2D eigenvalue weighted by Gasteiger charge is -2.25. The molecular formula is C20H26F3N. The van der Waals surface area contributed by atoms with Crippen LogP contribution in [0.2, 0.25) is 0 Å². The Morgan fingerprint density at radius 1 is 0.917 bits per heavy atom. The summed E-state index contributed by atoms with van der Waals surface area (Å²) in [5.74, 6) is 0. The molecule has 1 unspecified atom stereocenters. The number of hydrogen-bond acceptors (Lipinski definition) is 1. The van der Waals surface area contributed by atoms with Crippen LogP contribution in [0.1, 0.15) is 49.1 Å². The predicted octanol–water partition coefficient (Wildman–Crippen LogP) is 6.23. The molecule has 0 spiro atoms. The summed E-state index contributed by atoms with van der Waals surface area (Å²) in [6.45, 7) is 8.74. The Balaban J connectivity index is 0.00000139. The Morgan fingerprint density at radius 2 is 1.42 bits per heavy atom. The van der Waals surface area contributed by atoms with E-state index in [0.717, 1.165) is 17.7 Å². The minimum absolute atomic E-state index is 0.197. The van der Waals surface area contributed by atoms with Gasteiger partial charge in [-0.1, -0.05) is 55.8 Å². The largest absolute Gasteiger partial charge is 0.416 e. The summed E-state index contributed by atoms with van der Waals surface area (Å²) < 4.78 is 37.7. The van der Waals surface area contributed by atoms with Crippen molar-refractivity contribution in [3.05, 3.63) is 70.8 Å². The van der Waals surface area contributed by atoms with Crippen LogP contribution >= 0.6 is 0 Å². The lowest BCUT2D eigenvalue weighted by atomic mass is 10.0. The van der Waals surface area contributed by atoms with E-state index in [9.17, 15) is 13.2 Å². The summed E-state index contributed by atoms with van der Waals surface area (Å²) in [4.78, 5) is 2.12. The quantitative estimate of drug-likeness (QED) is 0.639. The van der Waals surface area contributed by atoms with E-state index in [1.165, 1.54) is 11.1 Å². The molecule has 0 aliphatic rings. The third kappa shape index (κ3) is 5.68. The Morgan fingerprint density at radius 3 is 1.88 bits per heavy atom. The SMILES string of the molecule is CC.Cc1ccc(C(C)N(C)Cc2ccc(C(F)(F)F)cc2)cc1. The van der Waals surface area contributed by atoms with Crippen molar-refractivity contribution in [1.29, 1.82) is 0 Å². The normalized spacial score (nSPS) is 12.5. The average Bonchev–Trinajstić information content (AvgIpc) is 2.56. The molecule has 4 heteroatoms. The van der Waals surface area contributed by atoms with Gasteiger partial charge in [-0.3, -0.25) is 4.90 Å². The van der Waals surface area contributed by atoms with Crippen LogP contribution in [0.5, 0.6) is 0 Å². The summed E-state index contributed by atoms with van der Waals surface area (Å²) in [6, 6.07) is 13.9. The lowest BCUT2D eigenvalue weighted by molar-refractivity contribution is -0.137. The van der Waals surface area contributed by atoms with Crippen LogP contribution < -0.4 is 0 Å². The first-order chi connectivity index (χ1) is 11.3. The van der Waals surface area contributed by atoms with Crippen LogP contribution in [0.4, 0.5) is 13.2 Å². The van der Waals surface area contributed by atoms with Gasteiger partial charge in [0, 0.05) is 12.6 Å². The van der Waals surface area contributed by atoms with Gasteiger partial charge in [0.15, 0.2) is 0 Å². The number of rotatable bonds is 4. The fourth-order valence-corrected chi connectivity index (χ4v) is 2.32. The van der Waals surface area contributed by atoms with E-state index in [1.807, 2.05) is 27.8 Å². The minimum atomic E-state index is -4.28. The summed E-state index contributed by atoms with van der Waals surface area (Å²) in [5, 5.41) is 0. The molecule has 0 aliphatic carbocycles. The van der Waals surface area contributed by atoms with Crippen LogP contribution in [0, 0.1) is 6.92 Å². The highest BCUT2D eigenvalue weighted by atomic mass is 19.4. The maximum Gasteiger partial charge on any atom is 0.416 e. The van der Waals surface area contributed by atoms with Gasteiger partial charge in [-0.25, -0.2) is 0 Å². The zero-order valence-corrected chi connectivity index (χ0v) is 15.0. The third-order valence-electron chi connectivity index (χ3n) is 3.93. The minimum Gasteiger partial charge on any atom is -0.295 e. The molecule has 0 aliphatic heterocycles. The predicted molar refractivity (Wildman–Crippen MR) is 93.9 cm³/mol. The number of alkyl halides is 3. The molecule has 0 saturated carbocycles. The summed E-state index contributed by atoms with van der Waals surface area (Å²) in [6.07, 6.45) is -4.28. The van der Waals surface area contributed by atoms with E-state index < -0.39 is 11.7 Å². The van der Waals surface area contributed by atoms with E-state index in [0.29, 0.717) is 6.54 Å². The van der Waals surface area contributed by atoms with Gasteiger partial charge < -0.3 is 0 Å². The number of aryl methyl sites for hydroxylation is 1. The molecule has 0 N–H and O–H groups in total. The summed E-state index contributed by atoms with van der Waals surface area (Å²) in [5.41, 5.74) is 2.67. The number of hydrogen-bond donors (Lipinski definition) is 0. The summed E-state index contributed by atoms with van der Waals surface area (Å²) in [7, 11) is 1.97. The fourth-order valence-electron chi connectivity index (χ4n) is 2.32. The highest BCUT2D eigenvalue weighted by Gasteiger charge is 2.29. The van der Waals surface area contributed by atoms with Crippen molar-refractivity contribution in [2.45, 2.75) is 46.5 Å².